The Hall–Kier alpha value is -4.14. The topological polar surface area (TPSA) is 98.4 Å². The molecule has 3 aromatic heterocycles. The summed E-state index contributed by atoms with van der Waals surface area (Å²) >= 11 is 0. The number of nitrogens with zero attached hydrogens (tertiary/aromatic N) is 6. The standard InChI is InChI=1S/C29H36N8O/c1-4-7-12-25-20-36(27-22(9-5-2)13-18-35(27)6-3)28(38)37(25)21-29(14-16-30-17-15-29)24-11-8-10-23(19-24)26-31-33-34-32-26/h8,10-11,13-20,30H,4-7,9,12,21H2,1-3H3,(H,31,32,33,34). The molecule has 38 heavy (non-hydrogen) atoms. The third-order valence-electron chi connectivity index (χ3n) is 7.33. The number of benzene rings is 1. The number of unbranched alkanes of at least 4 members (excludes halogenated alkanes) is 1. The van der Waals surface area contributed by atoms with Crippen molar-refractivity contribution in [1.82, 2.24) is 39.6 Å². The molecule has 9 nitrogen and oxygen atoms in total. The predicted molar refractivity (Wildman–Crippen MR) is 149 cm³/mol. The molecule has 4 aromatic rings. The van der Waals surface area contributed by atoms with Crippen molar-refractivity contribution in [2.75, 3.05) is 0 Å². The summed E-state index contributed by atoms with van der Waals surface area (Å²) in [4.78, 5) is 14.2. The van der Waals surface area contributed by atoms with Gasteiger partial charge in [0.2, 0.25) is 5.82 Å². The molecule has 1 aromatic carbocycles. The average Bonchev–Trinajstić information content (AvgIpc) is 3.69. The molecule has 0 unspecified atom stereocenters. The Morgan fingerprint density at radius 1 is 1.03 bits per heavy atom. The molecular weight excluding hydrogens is 476 g/mol. The highest BCUT2D eigenvalue weighted by molar-refractivity contribution is 5.57. The summed E-state index contributed by atoms with van der Waals surface area (Å²) in [7, 11) is 0. The summed E-state index contributed by atoms with van der Waals surface area (Å²) in [6.07, 6.45) is 17.2. The lowest BCUT2D eigenvalue weighted by atomic mass is 9.78. The van der Waals surface area contributed by atoms with Gasteiger partial charge >= 0.3 is 5.69 Å². The van der Waals surface area contributed by atoms with Gasteiger partial charge in [-0.3, -0.25) is 9.13 Å². The Balaban J connectivity index is 1.63. The van der Waals surface area contributed by atoms with E-state index in [4.69, 9.17) is 0 Å². The zero-order chi connectivity index (χ0) is 26.5. The van der Waals surface area contributed by atoms with E-state index in [1.54, 1.807) is 0 Å². The van der Waals surface area contributed by atoms with Crippen molar-refractivity contribution in [2.45, 2.75) is 71.4 Å². The van der Waals surface area contributed by atoms with Crippen LogP contribution in [0.2, 0.25) is 0 Å². The second kappa shape index (κ2) is 11.1. The largest absolute Gasteiger partial charge is 0.368 e. The maximum absolute atomic E-state index is 14.2. The minimum atomic E-state index is -0.527. The van der Waals surface area contributed by atoms with Crippen LogP contribution in [0.5, 0.6) is 0 Å². The van der Waals surface area contributed by atoms with Gasteiger partial charge in [0.15, 0.2) is 0 Å². The molecule has 0 saturated heterocycles. The number of nitrogens with one attached hydrogen (secondary N) is 2. The van der Waals surface area contributed by atoms with E-state index in [0.717, 1.165) is 61.3 Å². The van der Waals surface area contributed by atoms with E-state index in [9.17, 15) is 4.79 Å². The van der Waals surface area contributed by atoms with Crippen LogP contribution in [0.15, 0.2) is 72.1 Å². The smallest absolute Gasteiger partial charge is 0.334 e. The highest BCUT2D eigenvalue weighted by Gasteiger charge is 2.32. The molecule has 1 aliphatic heterocycles. The van der Waals surface area contributed by atoms with Crippen LogP contribution in [-0.2, 0) is 31.3 Å². The Labute approximate surface area is 222 Å². The molecule has 0 radical (unpaired) electrons. The van der Waals surface area contributed by atoms with Gasteiger partial charge in [0.1, 0.15) is 5.82 Å². The zero-order valence-electron chi connectivity index (χ0n) is 22.4. The number of H-pyrrole nitrogens is 1. The van der Waals surface area contributed by atoms with E-state index in [-0.39, 0.29) is 5.69 Å². The van der Waals surface area contributed by atoms with E-state index in [0.29, 0.717) is 12.4 Å². The van der Waals surface area contributed by atoms with Crippen LogP contribution < -0.4 is 11.0 Å². The zero-order valence-corrected chi connectivity index (χ0v) is 22.4. The monoisotopic (exact) mass is 512 g/mol. The normalized spacial score (nSPS) is 14.2. The van der Waals surface area contributed by atoms with Crippen LogP contribution in [0.1, 0.15) is 56.9 Å². The van der Waals surface area contributed by atoms with Crippen molar-refractivity contribution >= 4 is 0 Å². The van der Waals surface area contributed by atoms with Gasteiger partial charge in [-0.2, -0.15) is 5.21 Å². The first kappa shape index (κ1) is 25.5. The van der Waals surface area contributed by atoms with Crippen LogP contribution in [-0.4, -0.2) is 34.3 Å². The molecule has 5 rings (SSSR count). The molecule has 0 bridgehead atoms. The van der Waals surface area contributed by atoms with E-state index in [1.807, 2.05) is 33.7 Å². The lowest BCUT2D eigenvalue weighted by Gasteiger charge is -2.31. The van der Waals surface area contributed by atoms with Crippen molar-refractivity contribution in [1.29, 1.82) is 0 Å². The SMILES string of the molecule is CCCCc1cn(-c2c(CCC)ccn2CC)c(=O)n1CC1(c2cccc(-c3nn[nH]n3)c2)C=CNC=C1. The number of dihydropyridines is 1. The quantitative estimate of drug-likeness (QED) is 0.308. The van der Waals surface area contributed by atoms with Gasteiger partial charge < -0.3 is 9.88 Å². The molecule has 2 N–H and O–H groups in total. The van der Waals surface area contributed by atoms with Crippen LogP contribution in [0, 0.1) is 0 Å². The van der Waals surface area contributed by atoms with Gasteiger partial charge in [0, 0.05) is 36.7 Å². The van der Waals surface area contributed by atoms with Gasteiger partial charge in [-0.05, 0) is 67.1 Å². The minimum absolute atomic E-state index is 0.00381. The Kier molecular flexibility index (Phi) is 7.44. The molecule has 0 atom stereocenters. The van der Waals surface area contributed by atoms with E-state index < -0.39 is 5.41 Å². The Morgan fingerprint density at radius 3 is 2.58 bits per heavy atom. The number of tetrazole rings is 1. The Bertz CT molecular complexity index is 1470. The molecule has 0 aliphatic carbocycles. The Morgan fingerprint density at radius 2 is 1.87 bits per heavy atom. The highest BCUT2D eigenvalue weighted by atomic mass is 16.1. The maximum Gasteiger partial charge on any atom is 0.334 e. The molecule has 0 saturated carbocycles. The van der Waals surface area contributed by atoms with Crippen molar-refractivity contribution < 1.29 is 0 Å². The molecule has 198 valence electrons. The fourth-order valence-electron chi connectivity index (χ4n) is 5.31. The fraction of sp³-hybridized carbons (Fsp3) is 0.379. The fourth-order valence-corrected chi connectivity index (χ4v) is 5.31. The lowest BCUT2D eigenvalue weighted by Crippen LogP contribution is -2.36. The summed E-state index contributed by atoms with van der Waals surface area (Å²) < 4.78 is 6.02. The maximum atomic E-state index is 14.2. The number of hydrogen-bond donors (Lipinski definition) is 2. The van der Waals surface area contributed by atoms with Crippen LogP contribution in [0.3, 0.4) is 0 Å². The molecule has 0 amide bonds. The predicted octanol–water partition coefficient (Wildman–Crippen LogP) is 4.50. The van der Waals surface area contributed by atoms with E-state index in [2.05, 4.69) is 94.0 Å². The summed E-state index contributed by atoms with van der Waals surface area (Å²) in [5, 5.41) is 17.7. The van der Waals surface area contributed by atoms with Gasteiger partial charge in [0.25, 0.3) is 0 Å². The van der Waals surface area contributed by atoms with Crippen LogP contribution >= 0.6 is 0 Å². The third kappa shape index (κ3) is 4.76. The first-order chi connectivity index (χ1) is 18.6. The van der Waals surface area contributed by atoms with Crippen molar-refractivity contribution in [3.05, 3.63) is 94.6 Å². The number of allylic oxidation sites excluding steroid dienone is 2. The number of aromatic nitrogens is 7. The number of hydrogen-bond acceptors (Lipinski definition) is 5. The van der Waals surface area contributed by atoms with E-state index in [1.165, 1.54) is 5.56 Å². The second-order valence-electron chi connectivity index (χ2n) is 9.85. The van der Waals surface area contributed by atoms with Gasteiger partial charge in [0.05, 0.1) is 5.41 Å². The number of aryl methyl sites for hydroxylation is 3. The molecule has 4 heterocycles. The van der Waals surface area contributed by atoms with Crippen LogP contribution in [0.25, 0.3) is 17.2 Å². The van der Waals surface area contributed by atoms with Gasteiger partial charge in [-0.15, -0.1) is 10.2 Å². The number of imidazole rings is 1. The lowest BCUT2D eigenvalue weighted by molar-refractivity contribution is 0.495. The third-order valence-corrected chi connectivity index (χ3v) is 7.33. The first-order valence-electron chi connectivity index (χ1n) is 13.6. The van der Waals surface area contributed by atoms with Crippen LogP contribution in [0.4, 0.5) is 0 Å². The second-order valence-corrected chi connectivity index (χ2v) is 9.85. The van der Waals surface area contributed by atoms with Crippen molar-refractivity contribution in [3.8, 4) is 17.2 Å². The van der Waals surface area contributed by atoms with Crippen molar-refractivity contribution in [2.24, 2.45) is 0 Å². The molecular formula is C29H36N8O. The number of aromatic amines is 1. The molecule has 9 heteroatoms. The molecule has 1 aliphatic rings. The average molecular weight is 513 g/mol. The number of rotatable bonds is 11. The molecule has 0 fully saturated rings. The highest BCUT2D eigenvalue weighted by Crippen LogP contribution is 2.34. The molecule has 0 spiro atoms. The summed E-state index contributed by atoms with van der Waals surface area (Å²) in [6, 6.07) is 10.3. The van der Waals surface area contributed by atoms with Gasteiger partial charge in [-0.25, -0.2) is 4.79 Å². The van der Waals surface area contributed by atoms with Gasteiger partial charge in [-0.1, -0.05) is 57.0 Å². The van der Waals surface area contributed by atoms with Crippen molar-refractivity contribution in [3.63, 3.8) is 0 Å². The first-order valence-corrected chi connectivity index (χ1v) is 13.6. The minimum Gasteiger partial charge on any atom is -0.368 e. The summed E-state index contributed by atoms with van der Waals surface area (Å²) in [5.74, 6) is 1.53. The summed E-state index contributed by atoms with van der Waals surface area (Å²) in [6.45, 7) is 7.78. The van der Waals surface area contributed by atoms with E-state index >= 15 is 0 Å². The summed E-state index contributed by atoms with van der Waals surface area (Å²) in [5.41, 5.74) is 3.66.